The van der Waals surface area contributed by atoms with Crippen LogP contribution in [0.5, 0.6) is 0 Å². The first-order valence-electron chi connectivity index (χ1n) is 6.77. The van der Waals surface area contributed by atoms with Crippen LogP contribution in [0.3, 0.4) is 0 Å². The van der Waals surface area contributed by atoms with E-state index in [0.29, 0.717) is 11.4 Å². The van der Waals surface area contributed by atoms with Gasteiger partial charge in [-0.25, -0.2) is 4.79 Å². The molecule has 0 radical (unpaired) electrons. The Kier molecular flexibility index (Phi) is 6.70. The van der Waals surface area contributed by atoms with Gasteiger partial charge in [0.05, 0.1) is 12.1 Å². The van der Waals surface area contributed by atoms with E-state index in [1.807, 2.05) is 36.4 Å². The number of ether oxygens (including phenoxy) is 1. The summed E-state index contributed by atoms with van der Waals surface area (Å²) >= 11 is 7.85. The summed E-state index contributed by atoms with van der Waals surface area (Å²) in [6.07, 6.45) is -0.640. The van der Waals surface area contributed by atoms with E-state index in [2.05, 4.69) is 32.6 Å². The molecule has 2 aromatic carbocycles. The third kappa shape index (κ3) is 4.86. The van der Waals surface area contributed by atoms with Gasteiger partial charge < -0.3 is 4.74 Å². The molecular weight excluding hydrogens is 429 g/mol. The lowest BCUT2D eigenvalue weighted by Gasteiger charge is -2.17. The van der Waals surface area contributed by atoms with Crippen molar-refractivity contribution in [2.45, 2.75) is 12.0 Å². The van der Waals surface area contributed by atoms with Crippen LogP contribution in [0.1, 0.15) is 27.6 Å². The molecule has 0 aliphatic heterocycles. The smallest absolute Gasteiger partial charge is 0.339 e. The highest BCUT2D eigenvalue weighted by Gasteiger charge is 2.19. The van der Waals surface area contributed by atoms with Crippen molar-refractivity contribution in [1.29, 1.82) is 0 Å². The Morgan fingerprint density at radius 3 is 2.57 bits per heavy atom. The average molecular weight is 442 g/mol. The molecule has 0 spiro atoms. The van der Waals surface area contributed by atoms with Gasteiger partial charge in [-0.3, -0.25) is 0 Å². The maximum atomic E-state index is 12.4. The van der Waals surface area contributed by atoms with Crippen LogP contribution in [0, 0.1) is 3.57 Å². The van der Waals surface area contributed by atoms with E-state index >= 15 is 0 Å². The molecule has 5 nitrogen and oxygen atoms in total. The van der Waals surface area contributed by atoms with Gasteiger partial charge in [0.1, 0.15) is 6.10 Å². The molecule has 23 heavy (non-hydrogen) atoms. The maximum absolute atomic E-state index is 12.4. The van der Waals surface area contributed by atoms with Crippen molar-refractivity contribution in [1.82, 2.24) is 0 Å². The van der Waals surface area contributed by atoms with E-state index in [1.54, 1.807) is 12.1 Å². The standard InChI is InChI=1S/C16H13ClIN3O2/c17-9-11-5-7-12(8-6-11)15(10-20-21-19)23-16(22)13-3-1-2-4-14(13)18/h1-8,15H,9-10H2. The molecule has 0 aromatic heterocycles. The number of rotatable bonds is 6. The quantitative estimate of drug-likeness (QED) is 0.154. The zero-order chi connectivity index (χ0) is 16.7. The van der Waals surface area contributed by atoms with Gasteiger partial charge in [-0.05, 0) is 51.4 Å². The lowest BCUT2D eigenvalue weighted by atomic mass is 10.1. The summed E-state index contributed by atoms with van der Waals surface area (Å²) in [6, 6.07) is 14.5. The van der Waals surface area contributed by atoms with Crippen molar-refractivity contribution in [2.24, 2.45) is 5.11 Å². The third-order valence-corrected chi connectivity index (χ3v) is 4.41. The van der Waals surface area contributed by atoms with Crippen LogP contribution < -0.4 is 0 Å². The molecule has 1 atom stereocenters. The average Bonchev–Trinajstić information content (AvgIpc) is 2.59. The van der Waals surface area contributed by atoms with Gasteiger partial charge in [0, 0.05) is 14.4 Å². The Bertz CT molecular complexity index is 730. The molecule has 2 rings (SSSR count). The van der Waals surface area contributed by atoms with E-state index in [9.17, 15) is 4.79 Å². The van der Waals surface area contributed by atoms with Crippen molar-refractivity contribution < 1.29 is 9.53 Å². The molecule has 0 saturated carbocycles. The fourth-order valence-corrected chi connectivity index (χ4v) is 2.75. The number of carbonyl (C=O) groups excluding carboxylic acids is 1. The first-order chi connectivity index (χ1) is 11.2. The van der Waals surface area contributed by atoms with Crippen LogP contribution >= 0.6 is 34.2 Å². The van der Waals surface area contributed by atoms with Crippen LogP contribution in [0.25, 0.3) is 10.4 Å². The zero-order valence-corrected chi connectivity index (χ0v) is 14.9. The van der Waals surface area contributed by atoms with Gasteiger partial charge in [-0.1, -0.05) is 41.5 Å². The highest BCUT2D eigenvalue weighted by Crippen LogP contribution is 2.22. The third-order valence-electron chi connectivity index (χ3n) is 3.16. The summed E-state index contributed by atoms with van der Waals surface area (Å²) < 4.78 is 6.34. The fourth-order valence-electron chi connectivity index (χ4n) is 1.96. The molecule has 0 aliphatic rings. The Morgan fingerprint density at radius 2 is 1.96 bits per heavy atom. The van der Waals surface area contributed by atoms with E-state index in [-0.39, 0.29) is 6.54 Å². The van der Waals surface area contributed by atoms with Crippen LogP contribution in [0.4, 0.5) is 0 Å². The largest absolute Gasteiger partial charge is 0.454 e. The van der Waals surface area contributed by atoms with E-state index in [4.69, 9.17) is 21.9 Å². The molecule has 0 bridgehead atoms. The Morgan fingerprint density at radius 1 is 1.26 bits per heavy atom. The minimum atomic E-state index is -0.640. The summed E-state index contributed by atoms with van der Waals surface area (Å²) in [4.78, 5) is 15.1. The number of carbonyl (C=O) groups is 1. The van der Waals surface area contributed by atoms with Gasteiger partial charge in [0.25, 0.3) is 0 Å². The van der Waals surface area contributed by atoms with E-state index in [1.165, 1.54) is 0 Å². The molecule has 0 heterocycles. The zero-order valence-electron chi connectivity index (χ0n) is 12.0. The van der Waals surface area contributed by atoms with Crippen LogP contribution in [-0.4, -0.2) is 12.5 Å². The molecule has 118 valence electrons. The van der Waals surface area contributed by atoms with Gasteiger partial charge >= 0.3 is 5.97 Å². The molecule has 2 aromatic rings. The molecule has 0 aliphatic carbocycles. The van der Waals surface area contributed by atoms with Crippen molar-refractivity contribution in [3.63, 3.8) is 0 Å². The van der Waals surface area contributed by atoms with Crippen LogP contribution in [-0.2, 0) is 10.6 Å². The minimum Gasteiger partial charge on any atom is -0.454 e. The summed E-state index contributed by atoms with van der Waals surface area (Å²) in [5.41, 5.74) is 10.7. The molecule has 0 amide bonds. The number of benzene rings is 2. The Labute approximate surface area is 152 Å². The highest BCUT2D eigenvalue weighted by molar-refractivity contribution is 14.1. The number of azide groups is 1. The van der Waals surface area contributed by atoms with Gasteiger partial charge in [0.15, 0.2) is 0 Å². The van der Waals surface area contributed by atoms with Crippen LogP contribution in [0.2, 0.25) is 0 Å². The number of nitrogens with zero attached hydrogens (tertiary/aromatic N) is 3. The number of esters is 1. The fraction of sp³-hybridized carbons (Fsp3) is 0.188. The van der Waals surface area contributed by atoms with Crippen molar-refractivity contribution in [3.05, 3.63) is 79.2 Å². The molecule has 0 saturated heterocycles. The second kappa shape index (κ2) is 8.76. The highest BCUT2D eigenvalue weighted by atomic mass is 127. The molecule has 0 N–H and O–H groups in total. The predicted octanol–water partition coefficient (Wildman–Crippen LogP) is 5.24. The number of hydrogen-bond donors (Lipinski definition) is 0. The molecule has 7 heteroatoms. The van der Waals surface area contributed by atoms with Gasteiger partial charge in [-0.15, -0.1) is 11.6 Å². The van der Waals surface area contributed by atoms with Crippen molar-refractivity contribution in [3.8, 4) is 0 Å². The summed E-state index contributed by atoms with van der Waals surface area (Å²) in [5.74, 6) is -0.0434. The normalized spacial score (nSPS) is 11.4. The van der Waals surface area contributed by atoms with Crippen molar-refractivity contribution in [2.75, 3.05) is 6.54 Å². The topological polar surface area (TPSA) is 75.1 Å². The summed E-state index contributed by atoms with van der Waals surface area (Å²) in [7, 11) is 0. The lowest BCUT2D eigenvalue weighted by molar-refractivity contribution is 0.0315. The first kappa shape index (κ1) is 17.6. The predicted molar refractivity (Wildman–Crippen MR) is 97.3 cm³/mol. The van der Waals surface area contributed by atoms with Gasteiger partial charge in [-0.2, -0.15) is 0 Å². The lowest BCUT2D eigenvalue weighted by Crippen LogP contribution is -2.15. The van der Waals surface area contributed by atoms with Gasteiger partial charge in [0.2, 0.25) is 0 Å². The molecular formula is C16H13ClIN3O2. The van der Waals surface area contributed by atoms with Crippen molar-refractivity contribution >= 4 is 40.2 Å². The maximum Gasteiger partial charge on any atom is 0.339 e. The summed E-state index contributed by atoms with van der Waals surface area (Å²) in [5, 5.41) is 3.54. The SMILES string of the molecule is [N-]=[N+]=NCC(OC(=O)c1ccccc1I)c1ccc(CCl)cc1. The Hall–Kier alpha value is -1.76. The summed E-state index contributed by atoms with van der Waals surface area (Å²) in [6.45, 7) is 0.0336. The first-order valence-corrected chi connectivity index (χ1v) is 8.38. The van der Waals surface area contributed by atoms with E-state index in [0.717, 1.165) is 14.7 Å². The molecule has 1 unspecified atom stereocenters. The number of alkyl halides is 1. The monoisotopic (exact) mass is 441 g/mol. The number of halogens is 2. The second-order valence-electron chi connectivity index (χ2n) is 4.66. The Balaban J connectivity index is 2.22. The molecule has 0 fully saturated rings. The second-order valence-corrected chi connectivity index (χ2v) is 6.09. The minimum absolute atomic E-state index is 0.0336. The van der Waals surface area contributed by atoms with Crippen LogP contribution in [0.15, 0.2) is 53.6 Å². The number of hydrogen-bond acceptors (Lipinski definition) is 3. The van der Waals surface area contributed by atoms with E-state index < -0.39 is 12.1 Å².